The second kappa shape index (κ2) is 5.61. The van der Waals surface area contributed by atoms with Crippen LogP contribution in [-0.4, -0.2) is 30.6 Å². The number of phenols is 1. The highest BCUT2D eigenvalue weighted by atomic mass is 16.3. The number of hydrogen-bond donors (Lipinski definition) is 3. The lowest BCUT2D eigenvalue weighted by Gasteiger charge is -2.34. The van der Waals surface area contributed by atoms with Gasteiger partial charge in [0.2, 0.25) is 0 Å². The molecule has 0 bridgehead atoms. The standard InChI is InChI=1S/C15H22N2O2/c1-11-4-3-5-12(13(11)18)14(19)17-10-15(2)6-8-16-9-7-15/h3-5,16,18H,6-10H2,1-2H3,(H,17,19). The SMILES string of the molecule is Cc1cccc(C(=O)NCC2(C)CCNCC2)c1O. The monoisotopic (exact) mass is 262 g/mol. The number of benzene rings is 1. The van der Waals surface area contributed by atoms with Gasteiger partial charge in [-0.15, -0.1) is 0 Å². The van der Waals surface area contributed by atoms with E-state index in [9.17, 15) is 9.90 Å². The summed E-state index contributed by atoms with van der Waals surface area (Å²) in [6.45, 7) is 6.65. The van der Waals surface area contributed by atoms with Gasteiger partial charge in [0, 0.05) is 6.54 Å². The number of rotatable bonds is 3. The zero-order chi connectivity index (χ0) is 13.9. The van der Waals surface area contributed by atoms with E-state index >= 15 is 0 Å². The first-order valence-corrected chi connectivity index (χ1v) is 6.79. The summed E-state index contributed by atoms with van der Waals surface area (Å²) >= 11 is 0. The fourth-order valence-corrected chi connectivity index (χ4v) is 2.44. The lowest BCUT2D eigenvalue weighted by atomic mass is 9.81. The average molecular weight is 262 g/mol. The molecular weight excluding hydrogens is 240 g/mol. The third-order valence-electron chi connectivity index (χ3n) is 3.97. The molecule has 0 unspecified atom stereocenters. The van der Waals surface area contributed by atoms with Crippen molar-refractivity contribution < 1.29 is 9.90 Å². The van der Waals surface area contributed by atoms with Gasteiger partial charge in [0.1, 0.15) is 5.75 Å². The predicted octanol–water partition coefficient (Wildman–Crippen LogP) is 1.82. The third-order valence-corrected chi connectivity index (χ3v) is 3.97. The van der Waals surface area contributed by atoms with E-state index in [-0.39, 0.29) is 17.1 Å². The molecule has 1 fully saturated rings. The molecule has 3 N–H and O–H groups in total. The molecule has 1 aliphatic heterocycles. The van der Waals surface area contributed by atoms with Gasteiger partial charge in [0.05, 0.1) is 5.56 Å². The maximum atomic E-state index is 12.1. The summed E-state index contributed by atoms with van der Waals surface area (Å²) in [7, 11) is 0. The minimum atomic E-state index is -0.194. The van der Waals surface area contributed by atoms with Crippen LogP contribution in [0.1, 0.15) is 35.7 Å². The minimum Gasteiger partial charge on any atom is -0.507 e. The van der Waals surface area contributed by atoms with Crippen molar-refractivity contribution in [2.45, 2.75) is 26.7 Å². The third kappa shape index (κ3) is 3.26. The van der Waals surface area contributed by atoms with Gasteiger partial charge in [-0.05, 0) is 49.9 Å². The van der Waals surface area contributed by atoms with Crippen LogP contribution in [0.4, 0.5) is 0 Å². The largest absolute Gasteiger partial charge is 0.507 e. The molecule has 0 atom stereocenters. The Morgan fingerprint density at radius 2 is 2.11 bits per heavy atom. The molecule has 19 heavy (non-hydrogen) atoms. The van der Waals surface area contributed by atoms with Crippen molar-refractivity contribution in [1.29, 1.82) is 0 Å². The second-order valence-corrected chi connectivity index (χ2v) is 5.71. The molecule has 1 heterocycles. The average Bonchev–Trinajstić information content (AvgIpc) is 2.40. The van der Waals surface area contributed by atoms with Crippen molar-refractivity contribution in [3.05, 3.63) is 29.3 Å². The highest BCUT2D eigenvalue weighted by Crippen LogP contribution is 2.27. The summed E-state index contributed by atoms with van der Waals surface area (Å²) in [5.74, 6) is -0.114. The van der Waals surface area contributed by atoms with E-state index in [1.807, 2.05) is 0 Å². The zero-order valence-electron chi connectivity index (χ0n) is 11.6. The Balaban J connectivity index is 1.99. The van der Waals surface area contributed by atoms with Gasteiger partial charge >= 0.3 is 0 Å². The van der Waals surface area contributed by atoms with Gasteiger partial charge in [0.15, 0.2) is 0 Å². The van der Waals surface area contributed by atoms with Gasteiger partial charge in [-0.3, -0.25) is 4.79 Å². The second-order valence-electron chi connectivity index (χ2n) is 5.71. The molecule has 0 aromatic heterocycles. The number of carbonyl (C=O) groups excluding carboxylic acids is 1. The van der Waals surface area contributed by atoms with Crippen LogP contribution in [0.25, 0.3) is 0 Å². The molecular formula is C15H22N2O2. The summed E-state index contributed by atoms with van der Waals surface area (Å²) < 4.78 is 0. The van der Waals surface area contributed by atoms with Crippen LogP contribution in [0.5, 0.6) is 5.75 Å². The maximum Gasteiger partial charge on any atom is 0.255 e. The molecule has 1 aliphatic rings. The number of carbonyl (C=O) groups is 1. The molecule has 2 rings (SSSR count). The summed E-state index contributed by atoms with van der Waals surface area (Å²) in [5, 5.41) is 16.2. The Kier molecular flexibility index (Phi) is 4.10. The molecule has 0 saturated carbocycles. The molecule has 1 aromatic carbocycles. The topological polar surface area (TPSA) is 61.4 Å². The fourth-order valence-electron chi connectivity index (χ4n) is 2.44. The number of nitrogens with one attached hydrogen (secondary N) is 2. The highest BCUT2D eigenvalue weighted by molar-refractivity contribution is 5.97. The van der Waals surface area contributed by atoms with Crippen LogP contribution in [0, 0.1) is 12.3 Å². The quantitative estimate of drug-likeness (QED) is 0.778. The predicted molar refractivity (Wildman–Crippen MR) is 75.4 cm³/mol. The van der Waals surface area contributed by atoms with E-state index in [4.69, 9.17) is 0 Å². The number of piperidine rings is 1. The normalized spacial score (nSPS) is 18.0. The molecule has 0 radical (unpaired) electrons. The Morgan fingerprint density at radius 1 is 1.42 bits per heavy atom. The summed E-state index contributed by atoms with van der Waals surface area (Å²) in [6, 6.07) is 5.23. The lowest BCUT2D eigenvalue weighted by molar-refractivity contribution is 0.0919. The molecule has 0 aliphatic carbocycles. The molecule has 0 spiro atoms. The number of aryl methyl sites for hydroxylation is 1. The number of hydrogen-bond acceptors (Lipinski definition) is 3. The van der Waals surface area contributed by atoms with Crippen molar-refractivity contribution >= 4 is 5.91 Å². The molecule has 1 aromatic rings. The molecule has 1 amide bonds. The molecule has 4 nitrogen and oxygen atoms in total. The number of phenolic OH excluding ortho intramolecular Hbond substituents is 1. The van der Waals surface area contributed by atoms with Crippen molar-refractivity contribution in [1.82, 2.24) is 10.6 Å². The van der Waals surface area contributed by atoms with Crippen LogP contribution in [0.3, 0.4) is 0 Å². The first-order chi connectivity index (χ1) is 9.02. The number of para-hydroxylation sites is 1. The van der Waals surface area contributed by atoms with Crippen LogP contribution < -0.4 is 10.6 Å². The Morgan fingerprint density at radius 3 is 2.79 bits per heavy atom. The van der Waals surface area contributed by atoms with Gasteiger partial charge in [-0.2, -0.15) is 0 Å². The Bertz CT molecular complexity index is 465. The van der Waals surface area contributed by atoms with Crippen molar-refractivity contribution in [2.75, 3.05) is 19.6 Å². The first-order valence-electron chi connectivity index (χ1n) is 6.79. The highest BCUT2D eigenvalue weighted by Gasteiger charge is 2.27. The zero-order valence-corrected chi connectivity index (χ0v) is 11.6. The summed E-state index contributed by atoms with van der Waals surface area (Å²) in [5.41, 5.74) is 1.23. The summed E-state index contributed by atoms with van der Waals surface area (Å²) in [4.78, 5) is 12.1. The van der Waals surface area contributed by atoms with E-state index < -0.39 is 0 Å². The van der Waals surface area contributed by atoms with Crippen molar-refractivity contribution in [2.24, 2.45) is 5.41 Å². The van der Waals surface area contributed by atoms with Crippen LogP contribution >= 0.6 is 0 Å². The van der Waals surface area contributed by atoms with Gasteiger partial charge in [-0.1, -0.05) is 19.1 Å². The van der Waals surface area contributed by atoms with E-state index in [1.165, 1.54) is 0 Å². The van der Waals surface area contributed by atoms with Crippen LogP contribution in [-0.2, 0) is 0 Å². The fraction of sp³-hybridized carbons (Fsp3) is 0.533. The van der Waals surface area contributed by atoms with Gasteiger partial charge in [0.25, 0.3) is 5.91 Å². The van der Waals surface area contributed by atoms with Gasteiger partial charge in [-0.25, -0.2) is 0 Å². The Labute approximate surface area is 114 Å². The smallest absolute Gasteiger partial charge is 0.255 e. The van der Waals surface area contributed by atoms with E-state index in [0.29, 0.717) is 12.1 Å². The van der Waals surface area contributed by atoms with Crippen LogP contribution in [0.15, 0.2) is 18.2 Å². The van der Waals surface area contributed by atoms with Crippen molar-refractivity contribution in [3.8, 4) is 5.75 Å². The first kappa shape index (κ1) is 13.9. The van der Waals surface area contributed by atoms with Gasteiger partial charge < -0.3 is 15.7 Å². The molecule has 104 valence electrons. The number of aromatic hydroxyl groups is 1. The summed E-state index contributed by atoms with van der Waals surface area (Å²) in [6.07, 6.45) is 2.13. The molecule has 1 saturated heterocycles. The molecule has 4 heteroatoms. The van der Waals surface area contributed by atoms with E-state index in [0.717, 1.165) is 31.5 Å². The van der Waals surface area contributed by atoms with Crippen LogP contribution in [0.2, 0.25) is 0 Å². The van der Waals surface area contributed by atoms with Crippen molar-refractivity contribution in [3.63, 3.8) is 0 Å². The minimum absolute atomic E-state index is 0.0791. The lowest BCUT2D eigenvalue weighted by Crippen LogP contribution is -2.42. The van der Waals surface area contributed by atoms with E-state index in [1.54, 1.807) is 25.1 Å². The number of amides is 1. The maximum absolute atomic E-state index is 12.1. The van der Waals surface area contributed by atoms with E-state index in [2.05, 4.69) is 17.6 Å². The Hall–Kier alpha value is -1.55.